The maximum Gasteiger partial charge on any atom is 0.232 e. The number of carbonyl (C=O) groups excluding carboxylic acids is 1. The van der Waals surface area contributed by atoms with Gasteiger partial charge < -0.3 is 18.9 Å². The van der Waals surface area contributed by atoms with E-state index in [0.717, 1.165) is 30.0 Å². The molecule has 1 aliphatic carbocycles. The zero-order valence-electron chi connectivity index (χ0n) is 14.4. The Labute approximate surface area is 145 Å². The molecule has 1 saturated heterocycles. The molecule has 0 radical (unpaired) electrons. The van der Waals surface area contributed by atoms with Crippen LogP contribution in [0.15, 0.2) is 22.7 Å². The second kappa shape index (κ2) is 6.38. The van der Waals surface area contributed by atoms with Gasteiger partial charge in [-0.1, -0.05) is 5.16 Å². The second-order valence-corrected chi connectivity index (χ2v) is 6.62. The van der Waals surface area contributed by atoms with Gasteiger partial charge in [-0.05, 0) is 25.0 Å². The third kappa shape index (κ3) is 3.18. The molecule has 1 saturated carbocycles. The van der Waals surface area contributed by atoms with Crippen LogP contribution in [0.3, 0.4) is 0 Å². The lowest BCUT2D eigenvalue weighted by Crippen LogP contribution is -2.24. The van der Waals surface area contributed by atoms with Gasteiger partial charge >= 0.3 is 0 Å². The van der Waals surface area contributed by atoms with Gasteiger partial charge in [0.2, 0.25) is 11.8 Å². The van der Waals surface area contributed by atoms with Gasteiger partial charge in [0, 0.05) is 37.1 Å². The van der Waals surface area contributed by atoms with E-state index in [-0.39, 0.29) is 11.8 Å². The molecule has 1 aliphatic heterocycles. The topological polar surface area (TPSA) is 77.7 Å². The third-order valence-corrected chi connectivity index (χ3v) is 4.82. The number of likely N-dealkylation sites (tertiary alicyclic amines) is 1. The van der Waals surface area contributed by atoms with E-state index in [1.165, 1.54) is 0 Å². The van der Waals surface area contributed by atoms with Gasteiger partial charge in [-0.15, -0.1) is 0 Å². The molecule has 2 heterocycles. The fourth-order valence-electron chi connectivity index (χ4n) is 3.20. The predicted octanol–water partition coefficient (Wildman–Crippen LogP) is 2.48. The molecular formula is C18H21N3O4. The Morgan fingerprint density at radius 2 is 2.08 bits per heavy atom. The van der Waals surface area contributed by atoms with E-state index in [9.17, 15) is 4.79 Å². The average molecular weight is 343 g/mol. The van der Waals surface area contributed by atoms with Crippen molar-refractivity contribution in [2.75, 3.05) is 20.8 Å². The van der Waals surface area contributed by atoms with Crippen LogP contribution in [-0.4, -0.2) is 41.7 Å². The minimum absolute atomic E-state index is 0.0308. The Morgan fingerprint density at radius 3 is 2.80 bits per heavy atom. The van der Waals surface area contributed by atoms with Crippen molar-refractivity contribution in [2.24, 2.45) is 0 Å². The molecular weight excluding hydrogens is 322 g/mol. The van der Waals surface area contributed by atoms with Crippen molar-refractivity contribution in [3.8, 4) is 11.5 Å². The summed E-state index contributed by atoms with van der Waals surface area (Å²) in [5.41, 5.74) is 0.946. The minimum Gasteiger partial charge on any atom is -0.497 e. The van der Waals surface area contributed by atoms with Crippen molar-refractivity contribution in [3.05, 3.63) is 35.5 Å². The van der Waals surface area contributed by atoms with E-state index in [1.54, 1.807) is 14.2 Å². The largest absolute Gasteiger partial charge is 0.497 e. The van der Waals surface area contributed by atoms with Gasteiger partial charge in [-0.2, -0.15) is 4.98 Å². The second-order valence-electron chi connectivity index (χ2n) is 6.62. The molecule has 0 bridgehead atoms. The van der Waals surface area contributed by atoms with Gasteiger partial charge in [0.1, 0.15) is 11.5 Å². The summed E-state index contributed by atoms with van der Waals surface area (Å²) < 4.78 is 16.0. The number of hydrogen-bond donors (Lipinski definition) is 0. The summed E-state index contributed by atoms with van der Waals surface area (Å²) in [4.78, 5) is 18.7. The van der Waals surface area contributed by atoms with E-state index >= 15 is 0 Å². The summed E-state index contributed by atoms with van der Waals surface area (Å²) >= 11 is 0. The minimum atomic E-state index is -0.0308. The Balaban J connectivity index is 1.47. The first-order valence-electron chi connectivity index (χ1n) is 8.50. The van der Waals surface area contributed by atoms with E-state index in [4.69, 9.17) is 14.0 Å². The Bertz CT molecular complexity index is 784. The molecule has 7 nitrogen and oxygen atoms in total. The monoisotopic (exact) mass is 343 g/mol. The molecule has 2 aromatic rings. The quantitative estimate of drug-likeness (QED) is 0.802. The van der Waals surface area contributed by atoms with Crippen LogP contribution in [0.5, 0.6) is 11.5 Å². The number of methoxy groups -OCH3 is 2. The normalized spacial score (nSPS) is 20.2. The van der Waals surface area contributed by atoms with Crippen LogP contribution < -0.4 is 9.47 Å². The lowest BCUT2D eigenvalue weighted by molar-refractivity contribution is -0.128. The summed E-state index contributed by atoms with van der Waals surface area (Å²) in [5.74, 6) is 3.33. The molecule has 0 N–H and O–H groups in total. The molecule has 25 heavy (non-hydrogen) atoms. The summed E-state index contributed by atoms with van der Waals surface area (Å²) in [6.45, 7) is 1.08. The molecule has 4 rings (SSSR count). The number of nitrogens with zero attached hydrogens (tertiary/aromatic N) is 3. The van der Waals surface area contributed by atoms with Crippen molar-refractivity contribution in [1.82, 2.24) is 15.0 Å². The van der Waals surface area contributed by atoms with Gasteiger partial charge in [0.05, 0.1) is 20.1 Å². The highest BCUT2D eigenvalue weighted by atomic mass is 16.5. The first-order valence-corrected chi connectivity index (χ1v) is 8.50. The van der Waals surface area contributed by atoms with E-state index in [2.05, 4.69) is 10.1 Å². The fourth-order valence-corrected chi connectivity index (χ4v) is 3.20. The van der Waals surface area contributed by atoms with E-state index in [1.807, 2.05) is 23.1 Å². The highest BCUT2D eigenvalue weighted by Crippen LogP contribution is 2.39. The summed E-state index contributed by atoms with van der Waals surface area (Å²) in [7, 11) is 3.23. The summed E-state index contributed by atoms with van der Waals surface area (Å²) in [6, 6.07) is 5.62. The van der Waals surface area contributed by atoms with Crippen LogP contribution in [-0.2, 0) is 11.3 Å². The molecule has 0 spiro atoms. The summed E-state index contributed by atoms with van der Waals surface area (Å²) in [5, 5.41) is 4.05. The number of carbonyl (C=O) groups is 1. The van der Waals surface area contributed by atoms with Gasteiger partial charge in [-0.25, -0.2) is 0 Å². The molecule has 7 heteroatoms. The summed E-state index contributed by atoms with van der Waals surface area (Å²) in [6.07, 6.45) is 2.67. The van der Waals surface area contributed by atoms with Gasteiger partial charge in [0.15, 0.2) is 5.82 Å². The van der Waals surface area contributed by atoms with Crippen molar-refractivity contribution < 1.29 is 18.8 Å². The molecule has 1 atom stereocenters. The SMILES string of the molecule is COc1ccc(CN2CC(c3nc(C4CC4)no3)CC2=O)c(OC)c1. The van der Waals surface area contributed by atoms with Crippen molar-refractivity contribution in [1.29, 1.82) is 0 Å². The molecule has 1 aromatic heterocycles. The predicted molar refractivity (Wildman–Crippen MR) is 88.6 cm³/mol. The van der Waals surface area contributed by atoms with Crippen molar-refractivity contribution >= 4 is 5.91 Å². The highest BCUT2D eigenvalue weighted by molar-refractivity contribution is 5.79. The Morgan fingerprint density at radius 1 is 1.24 bits per heavy atom. The van der Waals surface area contributed by atoms with Gasteiger partial charge in [0.25, 0.3) is 0 Å². The van der Waals surface area contributed by atoms with Crippen LogP contribution >= 0.6 is 0 Å². The first kappa shape index (κ1) is 15.9. The van der Waals surface area contributed by atoms with Gasteiger partial charge in [-0.3, -0.25) is 4.79 Å². The van der Waals surface area contributed by atoms with Crippen molar-refractivity contribution in [3.63, 3.8) is 0 Å². The van der Waals surface area contributed by atoms with Crippen LogP contribution in [0.2, 0.25) is 0 Å². The zero-order valence-corrected chi connectivity index (χ0v) is 14.4. The number of amides is 1. The number of hydrogen-bond acceptors (Lipinski definition) is 6. The number of rotatable bonds is 6. The zero-order chi connectivity index (χ0) is 17.4. The number of benzene rings is 1. The van der Waals surface area contributed by atoms with Crippen molar-refractivity contribution in [2.45, 2.75) is 37.6 Å². The molecule has 2 aliphatic rings. The average Bonchev–Trinajstić information content (AvgIpc) is 3.25. The standard InChI is InChI=1S/C18H21N3O4/c1-23-14-6-5-12(15(8-14)24-2)9-21-10-13(7-16(21)22)18-19-17(20-25-18)11-3-4-11/h5-6,8,11,13H,3-4,7,9-10H2,1-2H3. The first-order chi connectivity index (χ1) is 12.2. The highest BCUT2D eigenvalue weighted by Gasteiger charge is 2.36. The van der Waals surface area contributed by atoms with Crippen LogP contribution in [0, 0.1) is 0 Å². The third-order valence-electron chi connectivity index (χ3n) is 4.82. The smallest absolute Gasteiger partial charge is 0.232 e. The van der Waals surface area contributed by atoms with Crippen LogP contribution in [0.25, 0.3) is 0 Å². The Kier molecular flexibility index (Phi) is 4.07. The lowest BCUT2D eigenvalue weighted by atomic mass is 10.1. The maximum atomic E-state index is 12.4. The molecule has 1 amide bonds. The van der Waals surface area contributed by atoms with Crippen LogP contribution in [0.1, 0.15) is 48.4 Å². The van der Waals surface area contributed by atoms with E-state index < -0.39 is 0 Å². The molecule has 2 fully saturated rings. The molecule has 1 aromatic carbocycles. The fraction of sp³-hybridized carbons (Fsp3) is 0.500. The van der Waals surface area contributed by atoms with Crippen LogP contribution in [0.4, 0.5) is 0 Å². The Hall–Kier alpha value is -2.57. The number of ether oxygens (including phenoxy) is 2. The maximum absolute atomic E-state index is 12.4. The number of aromatic nitrogens is 2. The van der Waals surface area contributed by atoms with E-state index in [0.29, 0.717) is 37.1 Å². The molecule has 1 unspecified atom stereocenters. The lowest BCUT2D eigenvalue weighted by Gasteiger charge is -2.18. The molecule has 132 valence electrons.